The van der Waals surface area contributed by atoms with Gasteiger partial charge in [0.25, 0.3) is 5.91 Å². The Morgan fingerprint density at radius 3 is 2.78 bits per heavy atom. The first-order valence-corrected chi connectivity index (χ1v) is 8.26. The van der Waals surface area contributed by atoms with Gasteiger partial charge in [-0.25, -0.2) is 4.98 Å². The molecule has 23 heavy (non-hydrogen) atoms. The lowest BCUT2D eigenvalue weighted by Crippen LogP contribution is -2.29. The minimum atomic E-state index is -0.129. The van der Waals surface area contributed by atoms with E-state index in [-0.39, 0.29) is 5.91 Å². The molecule has 0 unspecified atom stereocenters. The molecular weight excluding hydrogens is 306 g/mol. The SMILES string of the molecule is Cc1cc(C)c2c3c(sc2n1)C(NC(=O)c1ccccc1)=NC3. The molecule has 4 rings (SSSR count). The number of nitrogens with zero attached hydrogens (tertiary/aromatic N) is 2. The summed E-state index contributed by atoms with van der Waals surface area (Å²) >= 11 is 1.60. The second kappa shape index (κ2) is 5.28. The zero-order valence-electron chi connectivity index (χ0n) is 12.9. The van der Waals surface area contributed by atoms with Crippen LogP contribution in [0.15, 0.2) is 41.4 Å². The maximum Gasteiger partial charge on any atom is 0.256 e. The minimum absolute atomic E-state index is 0.129. The average molecular weight is 321 g/mol. The largest absolute Gasteiger partial charge is 0.306 e. The van der Waals surface area contributed by atoms with E-state index in [4.69, 9.17) is 0 Å². The summed E-state index contributed by atoms with van der Waals surface area (Å²) in [5.74, 6) is 0.532. The van der Waals surface area contributed by atoms with E-state index in [0.29, 0.717) is 17.9 Å². The number of benzene rings is 1. The molecule has 3 aromatic rings. The Kier molecular flexibility index (Phi) is 3.23. The van der Waals surface area contributed by atoms with Gasteiger partial charge in [0.1, 0.15) is 10.7 Å². The van der Waals surface area contributed by atoms with Crippen molar-refractivity contribution in [2.45, 2.75) is 20.4 Å². The topological polar surface area (TPSA) is 54.4 Å². The molecule has 3 heterocycles. The minimum Gasteiger partial charge on any atom is -0.306 e. The van der Waals surface area contributed by atoms with Gasteiger partial charge in [0.05, 0.1) is 11.4 Å². The van der Waals surface area contributed by atoms with Crippen LogP contribution in [0.3, 0.4) is 0 Å². The van der Waals surface area contributed by atoms with Gasteiger partial charge in [-0.3, -0.25) is 9.79 Å². The molecule has 0 radical (unpaired) electrons. The van der Waals surface area contributed by atoms with Gasteiger partial charge in [-0.05, 0) is 37.6 Å². The zero-order valence-corrected chi connectivity index (χ0v) is 13.7. The third-order valence-corrected chi connectivity index (χ3v) is 5.10. The molecule has 0 saturated heterocycles. The van der Waals surface area contributed by atoms with E-state index in [1.54, 1.807) is 23.5 Å². The summed E-state index contributed by atoms with van der Waals surface area (Å²) in [5.41, 5.74) is 4.05. The van der Waals surface area contributed by atoms with Gasteiger partial charge in [0, 0.05) is 22.2 Å². The van der Waals surface area contributed by atoms with Crippen LogP contribution in [0.5, 0.6) is 0 Å². The molecule has 0 atom stereocenters. The zero-order chi connectivity index (χ0) is 16.0. The molecule has 2 aromatic heterocycles. The summed E-state index contributed by atoms with van der Waals surface area (Å²) in [6.45, 7) is 4.71. The van der Waals surface area contributed by atoms with Crippen LogP contribution < -0.4 is 5.32 Å². The Morgan fingerprint density at radius 2 is 2.00 bits per heavy atom. The van der Waals surface area contributed by atoms with Crippen molar-refractivity contribution in [1.82, 2.24) is 10.3 Å². The molecule has 0 bridgehead atoms. The molecule has 1 aliphatic heterocycles. The van der Waals surface area contributed by atoms with Crippen LogP contribution in [-0.2, 0) is 6.54 Å². The number of amidine groups is 1. The van der Waals surface area contributed by atoms with Gasteiger partial charge in [0.2, 0.25) is 0 Å². The lowest BCUT2D eigenvalue weighted by molar-refractivity contribution is 0.0977. The van der Waals surface area contributed by atoms with E-state index >= 15 is 0 Å². The van der Waals surface area contributed by atoms with E-state index in [1.807, 2.05) is 25.1 Å². The lowest BCUT2D eigenvalue weighted by Gasteiger charge is -2.04. The first-order valence-electron chi connectivity index (χ1n) is 7.44. The van der Waals surface area contributed by atoms with Crippen molar-refractivity contribution in [2.75, 3.05) is 0 Å². The summed E-state index contributed by atoms with van der Waals surface area (Å²) in [7, 11) is 0. The standard InChI is InChI=1S/C18H15N3OS/c1-10-8-11(2)20-18-14(10)13-9-19-16(15(13)23-18)21-17(22)12-6-4-3-5-7-12/h3-8H,9H2,1-2H3,(H,19,21,22). The van der Waals surface area contributed by atoms with E-state index in [9.17, 15) is 4.79 Å². The Labute approximate surface area is 137 Å². The fraction of sp³-hybridized carbons (Fsp3) is 0.167. The number of thiophene rings is 1. The molecule has 1 N–H and O–H groups in total. The number of hydrogen-bond donors (Lipinski definition) is 1. The predicted molar refractivity (Wildman–Crippen MR) is 93.2 cm³/mol. The number of rotatable bonds is 1. The highest BCUT2D eigenvalue weighted by Crippen LogP contribution is 2.36. The number of aryl methyl sites for hydroxylation is 2. The molecule has 1 amide bonds. The number of fused-ring (bicyclic) bond motifs is 3. The quantitative estimate of drug-likeness (QED) is 0.744. The van der Waals surface area contributed by atoms with Gasteiger partial charge in [-0.1, -0.05) is 18.2 Å². The monoisotopic (exact) mass is 321 g/mol. The van der Waals surface area contributed by atoms with Crippen LogP contribution in [0.1, 0.15) is 32.1 Å². The van der Waals surface area contributed by atoms with Crippen LogP contribution in [0, 0.1) is 13.8 Å². The van der Waals surface area contributed by atoms with Crippen LogP contribution in [0.2, 0.25) is 0 Å². The van der Waals surface area contributed by atoms with Gasteiger partial charge in [0.15, 0.2) is 0 Å². The van der Waals surface area contributed by atoms with Crippen molar-refractivity contribution < 1.29 is 4.79 Å². The third kappa shape index (κ3) is 2.33. The summed E-state index contributed by atoms with van der Waals surface area (Å²) in [6.07, 6.45) is 0. The Morgan fingerprint density at radius 1 is 1.22 bits per heavy atom. The fourth-order valence-electron chi connectivity index (χ4n) is 2.95. The van der Waals surface area contributed by atoms with E-state index in [1.165, 1.54) is 16.5 Å². The number of amides is 1. The van der Waals surface area contributed by atoms with Crippen molar-refractivity contribution in [3.63, 3.8) is 0 Å². The third-order valence-electron chi connectivity index (χ3n) is 3.96. The van der Waals surface area contributed by atoms with Crippen molar-refractivity contribution in [1.29, 1.82) is 0 Å². The Bertz CT molecular complexity index is 957. The predicted octanol–water partition coefficient (Wildman–Crippen LogP) is 3.60. The molecule has 0 spiro atoms. The number of carbonyl (C=O) groups is 1. The van der Waals surface area contributed by atoms with E-state index in [2.05, 4.69) is 28.3 Å². The molecule has 1 aliphatic rings. The summed E-state index contributed by atoms with van der Waals surface area (Å²) in [5, 5.41) is 4.12. The van der Waals surface area contributed by atoms with Crippen LogP contribution in [0.4, 0.5) is 0 Å². The fourth-order valence-corrected chi connectivity index (χ4v) is 4.22. The maximum absolute atomic E-state index is 12.3. The number of aliphatic imine (C=N–C) groups is 1. The molecule has 4 nitrogen and oxygen atoms in total. The maximum atomic E-state index is 12.3. The first-order chi connectivity index (χ1) is 11.1. The lowest BCUT2D eigenvalue weighted by atomic mass is 10.1. The molecule has 1 aromatic carbocycles. The van der Waals surface area contributed by atoms with Crippen LogP contribution >= 0.6 is 11.3 Å². The average Bonchev–Trinajstić information content (AvgIpc) is 3.07. The Hall–Kier alpha value is -2.53. The molecule has 114 valence electrons. The van der Waals surface area contributed by atoms with Gasteiger partial charge in [-0.2, -0.15) is 0 Å². The number of pyridine rings is 1. The highest BCUT2D eigenvalue weighted by molar-refractivity contribution is 7.20. The number of nitrogens with one attached hydrogen (secondary N) is 1. The van der Waals surface area contributed by atoms with Crippen LogP contribution in [0.25, 0.3) is 10.2 Å². The highest BCUT2D eigenvalue weighted by Gasteiger charge is 2.25. The highest BCUT2D eigenvalue weighted by atomic mass is 32.1. The first kappa shape index (κ1) is 14.1. The second-order valence-corrected chi connectivity index (χ2v) is 6.65. The second-order valence-electron chi connectivity index (χ2n) is 5.66. The van der Waals surface area contributed by atoms with Gasteiger partial charge >= 0.3 is 0 Å². The summed E-state index contributed by atoms with van der Waals surface area (Å²) < 4.78 is 0. The van der Waals surface area contributed by atoms with E-state index in [0.717, 1.165) is 15.4 Å². The molecule has 0 aliphatic carbocycles. The number of carbonyl (C=O) groups excluding carboxylic acids is 1. The van der Waals surface area contributed by atoms with Crippen molar-refractivity contribution in [3.8, 4) is 0 Å². The normalized spacial score (nSPS) is 13.0. The molecular formula is C18H15N3OS. The van der Waals surface area contributed by atoms with Gasteiger partial charge in [-0.15, -0.1) is 11.3 Å². The van der Waals surface area contributed by atoms with Crippen LogP contribution in [-0.4, -0.2) is 16.7 Å². The smallest absolute Gasteiger partial charge is 0.256 e. The number of aromatic nitrogens is 1. The van der Waals surface area contributed by atoms with Crippen molar-refractivity contribution in [2.24, 2.45) is 4.99 Å². The van der Waals surface area contributed by atoms with Gasteiger partial charge < -0.3 is 5.32 Å². The molecule has 0 saturated carbocycles. The Balaban J connectivity index is 1.70. The summed E-state index contributed by atoms with van der Waals surface area (Å²) in [4.78, 5) is 23.5. The van der Waals surface area contributed by atoms with Crippen molar-refractivity contribution >= 4 is 33.3 Å². The summed E-state index contributed by atoms with van der Waals surface area (Å²) in [6, 6.07) is 11.3. The molecule has 0 fully saturated rings. The number of hydrogen-bond acceptors (Lipinski definition) is 4. The molecule has 5 heteroatoms. The van der Waals surface area contributed by atoms with E-state index < -0.39 is 0 Å². The van der Waals surface area contributed by atoms with Crippen molar-refractivity contribution in [3.05, 3.63) is 63.7 Å².